The molecule has 0 aliphatic carbocycles. The van der Waals surface area contributed by atoms with Crippen molar-refractivity contribution in [3.8, 4) is 0 Å². The van der Waals surface area contributed by atoms with E-state index in [0.29, 0.717) is 12.8 Å². The molecule has 1 aliphatic heterocycles. The summed E-state index contributed by atoms with van der Waals surface area (Å²) in [7, 11) is 0. The maximum Gasteiger partial charge on any atom is 0.220 e. The normalized spacial score (nSPS) is 21.2. The molecule has 0 bridgehead atoms. The van der Waals surface area contributed by atoms with Gasteiger partial charge in [-0.1, -0.05) is 213 Å². The van der Waals surface area contributed by atoms with E-state index >= 15 is 0 Å². The van der Waals surface area contributed by atoms with Gasteiger partial charge in [-0.25, -0.2) is 0 Å². The number of ether oxygens (including phenoxy) is 2. The van der Waals surface area contributed by atoms with E-state index in [0.717, 1.165) is 38.5 Å². The van der Waals surface area contributed by atoms with Crippen molar-refractivity contribution in [2.45, 2.75) is 275 Å². The van der Waals surface area contributed by atoms with Crippen LogP contribution in [0.5, 0.6) is 0 Å². The van der Waals surface area contributed by atoms with Gasteiger partial charge in [0.15, 0.2) is 6.29 Å². The first-order chi connectivity index (χ1) is 26.8. The van der Waals surface area contributed by atoms with E-state index < -0.39 is 49.5 Å². The third-order valence-corrected chi connectivity index (χ3v) is 11.7. The minimum Gasteiger partial charge on any atom is -0.394 e. The van der Waals surface area contributed by atoms with Gasteiger partial charge in [-0.2, -0.15) is 0 Å². The number of unbranched alkanes of at least 4 members (excludes halogenated alkanes) is 30. The number of nitrogens with one attached hydrogen (secondary N) is 1. The van der Waals surface area contributed by atoms with Gasteiger partial charge < -0.3 is 40.3 Å². The monoisotopic (exact) mass is 786 g/mol. The van der Waals surface area contributed by atoms with E-state index in [1.807, 2.05) is 0 Å². The van der Waals surface area contributed by atoms with Crippen LogP contribution in [0.1, 0.15) is 232 Å². The molecule has 328 valence electrons. The van der Waals surface area contributed by atoms with Crippen molar-refractivity contribution >= 4 is 5.91 Å². The van der Waals surface area contributed by atoms with Gasteiger partial charge >= 0.3 is 0 Å². The van der Waals surface area contributed by atoms with Gasteiger partial charge in [-0.05, 0) is 12.8 Å². The fraction of sp³-hybridized carbons (Fsp3) is 0.978. The zero-order valence-corrected chi connectivity index (χ0v) is 36.0. The zero-order chi connectivity index (χ0) is 40.2. The average Bonchev–Trinajstić information content (AvgIpc) is 3.18. The Labute approximate surface area is 338 Å². The molecule has 0 aromatic heterocycles. The smallest absolute Gasteiger partial charge is 0.220 e. The molecule has 6 N–H and O–H groups in total. The van der Waals surface area contributed by atoms with Crippen molar-refractivity contribution in [1.29, 1.82) is 0 Å². The maximum absolute atomic E-state index is 13.0. The molecular formula is C46H91NO8. The van der Waals surface area contributed by atoms with Gasteiger partial charge in [0, 0.05) is 6.42 Å². The first-order valence-corrected chi connectivity index (χ1v) is 23.7. The summed E-state index contributed by atoms with van der Waals surface area (Å²) in [6, 6.07) is -0.711. The fourth-order valence-corrected chi connectivity index (χ4v) is 7.87. The lowest BCUT2D eigenvalue weighted by atomic mass is 9.99. The molecule has 0 saturated carbocycles. The largest absolute Gasteiger partial charge is 0.394 e. The highest BCUT2D eigenvalue weighted by molar-refractivity contribution is 5.76. The van der Waals surface area contributed by atoms with Crippen LogP contribution in [-0.4, -0.2) is 87.5 Å². The number of hydrogen-bond donors (Lipinski definition) is 6. The highest BCUT2D eigenvalue weighted by Crippen LogP contribution is 2.23. The van der Waals surface area contributed by atoms with Crippen LogP contribution in [0, 0.1) is 0 Å². The lowest BCUT2D eigenvalue weighted by Crippen LogP contribution is -2.60. The van der Waals surface area contributed by atoms with Crippen LogP contribution >= 0.6 is 0 Å². The Kier molecular flexibility index (Phi) is 35.6. The number of rotatable bonds is 40. The summed E-state index contributed by atoms with van der Waals surface area (Å²) in [6.07, 6.45) is 33.9. The Balaban J connectivity index is 2.30. The first-order valence-electron chi connectivity index (χ1n) is 23.7. The molecule has 1 fully saturated rings. The van der Waals surface area contributed by atoms with Crippen molar-refractivity contribution in [3.05, 3.63) is 0 Å². The van der Waals surface area contributed by atoms with Crippen LogP contribution in [0.25, 0.3) is 0 Å². The Hall–Kier alpha value is -0.810. The highest BCUT2D eigenvalue weighted by Gasteiger charge is 2.44. The number of aliphatic hydroxyl groups is 5. The molecule has 0 aromatic rings. The van der Waals surface area contributed by atoms with Crippen molar-refractivity contribution < 1.29 is 39.8 Å². The molecule has 0 aromatic carbocycles. The molecule has 2 unspecified atom stereocenters. The van der Waals surface area contributed by atoms with Crippen molar-refractivity contribution in [2.24, 2.45) is 0 Å². The average molecular weight is 786 g/mol. The summed E-state index contributed by atoms with van der Waals surface area (Å²) < 4.78 is 11.3. The van der Waals surface area contributed by atoms with E-state index in [-0.39, 0.29) is 12.5 Å². The number of carbonyl (C=O) groups excluding carboxylic acids is 1. The van der Waals surface area contributed by atoms with Gasteiger partial charge in [-0.15, -0.1) is 0 Å². The van der Waals surface area contributed by atoms with Crippen molar-refractivity contribution in [2.75, 3.05) is 13.2 Å². The molecule has 1 saturated heterocycles. The molecule has 1 rings (SSSR count). The molecule has 0 spiro atoms. The number of hydrogen-bond acceptors (Lipinski definition) is 8. The molecule has 1 aliphatic rings. The van der Waals surface area contributed by atoms with E-state index in [2.05, 4.69) is 19.2 Å². The summed E-state index contributed by atoms with van der Waals surface area (Å²) in [5.74, 6) is -0.140. The number of aliphatic hydroxyl groups excluding tert-OH is 5. The Morgan fingerprint density at radius 3 is 1.29 bits per heavy atom. The molecule has 0 radical (unpaired) electrons. The quantitative estimate of drug-likeness (QED) is 0.0337. The number of amides is 1. The summed E-state index contributed by atoms with van der Waals surface area (Å²) in [6.45, 7) is 3.85. The summed E-state index contributed by atoms with van der Waals surface area (Å²) in [4.78, 5) is 13.0. The Morgan fingerprint density at radius 2 is 0.909 bits per heavy atom. The van der Waals surface area contributed by atoms with Gasteiger partial charge in [-0.3, -0.25) is 4.79 Å². The third-order valence-electron chi connectivity index (χ3n) is 11.7. The van der Waals surface area contributed by atoms with Gasteiger partial charge in [0.05, 0.1) is 25.4 Å². The van der Waals surface area contributed by atoms with E-state index in [1.54, 1.807) is 0 Å². The van der Waals surface area contributed by atoms with Crippen LogP contribution in [0.4, 0.5) is 0 Å². The van der Waals surface area contributed by atoms with Gasteiger partial charge in [0.1, 0.15) is 24.4 Å². The van der Waals surface area contributed by atoms with Crippen LogP contribution in [-0.2, 0) is 14.3 Å². The molecule has 55 heavy (non-hydrogen) atoms. The van der Waals surface area contributed by atoms with Gasteiger partial charge in [0.2, 0.25) is 5.91 Å². The molecule has 1 amide bonds. The lowest BCUT2D eigenvalue weighted by molar-refractivity contribution is -0.302. The van der Waals surface area contributed by atoms with Crippen LogP contribution in [0.15, 0.2) is 0 Å². The topological polar surface area (TPSA) is 149 Å². The van der Waals surface area contributed by atoms with Gasteiger partial charge in [0.25, 0.3) is 0 Å². The third kappa shape index (κ3) is 28.3. The lowest BCUT2D eigenvalue weighted by Gasteiger charge is -2.40. The SMILES string of the molecule is CCCCCCCCCCCCCCCCCCC[C@@H](O)[C@H](CO[C@@H]1O[C@H](CO)[C@@H](O)C(O)C1O)NC(=O)CCCCCCCCCCCCCCCCC. The standard InChI is InChI=1S/C46H91NO8/c1-3-5-7-9-11-13-15-17-19-20-22-23-25-27-29-31-33-35-40(49)39(38-54-46-45(53)44(52)43(51)41(37-48)55-46)47-42(50)36-34-32-30-28-26-24-21-18-16-14-12-10-8-6-4-2/h39-41,43-46,48-49,51-53H,3-38H2,1-2H3,(H,47,50)/t39-,40+,41+,43+,44?,45?,46+/m0/s1. The predicted molar refractivity (Wildman–Crippen MR) is 226 cm³/mol. The molecular weight excluding hydrogens is 695 g/mol. The second-order valence-electron chi connectivity index (χ2n) is 16.9. The molecule has 9 nitrogen and oxygen atoms in total. The van der Waals surface area contributed by atoms with E-state index in [1.165, 1.54) is 167 Å². The summed E-state index contributed by atoms with van der Waals surface area (Å²) in [5, 5.41) is 54.4. The second kappa shape index (κ2) is 37.5. The van der Waals surface area contributed by atoms with Crippen LogP contribution in [0.2, 0.25) is 0 Å². The Bertz CT molecular complexity index is 832. The minimum atomic E-state index is -1.55. The molecule has 1 heterocycles. The maximum atomic E-state index is 13.0. The predicted octanol–water partition coefficient (Wildman–Crippen LogP) is 9.95. The fourth-order valence-electron chi connectivity index (χ4n) is 7.87. The zero-order valence-electron chi connectivity index (χ0n) is 36.0. The second-order valence-corrected chi connectivity index (χ2v) is 16.9. The number of carbonyl (C=O) groups is 1. The molecule has 9 heteroatoms. The van der Waals surface area contributed by atoms with Crippen molar-refractivity contribution in [1.82, 2.24) is 5.32 Å². The van der Waals surface area contributed by atoms with E-state index in [9.17, 15) is 30.3 Å². The summed E-state index contributed by atoms with van der Waals surface area (Å²) >= 11 is 0. The van der Waals surface area contributed by atoms with Crippen LogP contribution < -0.4 is 5.32 Å². The highest BCUT2D eigenvalue weighted by atomic mass is 16.7. The van der Waals surface area contributed by atoms with Crippen LogP contribution in [0.3, 0.4) is 0 Å². The molecule has 7 atom stereocenters. The minimum absolute atomic E-state index is 0.132. The summed E-state index contributed by atoms with van der Waals surface area (Å²) in [5.41, 5.74) is 0. The van der Waals surface area contributed by atoms with Crippen molar-refractivity contribution in [3.63, 3.8) is 0 Å². The van der Waals surface area contributed by atoms with E-state index in [4.69, 9.17) is 9.47 Å². The first kappa shape index (κ1) is 52.2. The Morgan fingerprint density at radius 1 is 0.545 bits per heavy atom.